The maximum atomic E-state index is 13.8. The van der Waals surface area contributed by atoms with Crippen molar-refractivity contribution in [2.24, 2.45) is 5.92 Å². The Bertz CT molecular complexity index is 1060. The number of carbonyl (C=O) groups is 2. The summed E-state index contributed by atoms with van der Waals surface area (Å²) in [7, 11) is 0. The highest BCUT2D eigenvalue weighted by atomic mass is 19.2. The van der Waals surface area contributed by atoms with Crippen LogP contribution >= 0.6 is 0 Å². The Morgan fingerprint density at radius 2 is 1.64 bits per heavy atom. The van der Waals surface area contributed by atoms with Gasteiger partial charge in [0, 0.05) is 18.1 Å². The molecule has 0 bridgehead atoms. The number of amides is 1. The molecule has 2 aromatic rings. The number of fused-ring (bicyclic) bond motifs is 1. The Balaban J connectivity index is 1.49. The molecule has 2 saturated heterocycles. The van der Waals surface area contributed by atoms with Gasteiger partial charge in [-0.3, -0.25) is 4.79 Å². The molecule has 1 N–H and O–H groups in total. The van der Waals surface area contributed by atoms with Crippen molar-refractivity contribution in [2.45, 2.75) is 31.5 Å². The molecule has 3 atom stereocenters. The van der Waals surface area contributed by atoms with Crippen molar-refractivity contribution in [3.63, 3.8) is 0 Å². The average molecular weight is 471 g/mol. The molecule has 2 aliphatic rings. The fraction of sp³-hybridized carbons (Fsp3) is 0.364. The molecule has 176 valence electrons. The molecular weight excluding hydrogens is 453 g/mol. The molecule has 1 amide bonds. The minimum absolute atomic E-state index is 0.00304. The molecule has 2 aromatic carbocycles. The van der Waals surface area contributed by atoms with Crippen LogP contribution in [0.3, 0.4) is 0 Å². The number of halogens is 5. The molecule has 33 heavy (non-hydrogen) atoms. The number of esters is 1. The lowest BCUT2D eigenvalue weighted by molar-refractivity contribution is -0.137. The fourth-order valence-electron chi connectivity index (χ4n) is 4.12. The van der Waals surface area contributed by atoms with Crippen LogP contribution in [-0.2, 0) is 9.53 Å². The second-order valence-corrected chi connectivity index (χ2v) is 7.79. The van der Waals surface area contributed by atoms with E-state index in [9.17, 15) is 31.5 Å². The van der Waals surface area contributed by atoms with Crippen molar-refractivity contribution < 1.29 is 46.1 Å². The number of aliphatic hydroxyl groups is 1. The van der Waals surface area contributed by atoms with Gasteiger partial charge in [-0.1, -0.05) is 12.1 Å². The normalized spacial score (nSPS) is 22.1. The van der Waals surface area contributed by atoms with Crippen LogP contribution in [-0.4, -0.2) is 41.1 Å². The van der Waals surface area contributed by atoms with Gasteiger partial charge in [-0.15, -0.1) is 0 Å². The SMILES string of the molecule is O=C(Oc1c(F)c(F)c(F)c(F)c1F)c1ccc([C@H]2OCC3C[C@@H](CCCO)C(=O)N32)cc1. The van der Waals surface area contributed by atoms with E-state index < -0.39 is 47.0 Å². The summed E-state index contributed by atoms with van der Waals surface area (Å²) in [5.41, 5.74) is 0.312. The largest absolute Gasteiger partial charge is 0.416 e. The first-order valence-corrected chi connectivity index (χ1v) is 10.1. The summed E-state index contributed by atoms with van der Waals surface area (Å²) in [5, 5.41) is 9.00. The van der Waals surface area contributed by atoms with Gasteiger partial charge in [-0.05, 0) is 31.4 Å². The Morgan fingerprint density at radius 1 is 1.03 bits per heavy atom. The number of rotatable bonds is 6. The topological polar surface area (TPSA) is 76.1 Å². The van der Waals surface area contributed by atoms with E-state index in [4.69, 9.17) is 9.84 Å². The smallest absolute Gasteiger partial charge is 0.343 e. The maximum absolute atomic E-state index is 13.8. The van der Waals surface area contributed by atoms with Crippen molar-refractivity contribution >= 4 is 11.9 Å². The number of hydrogen-bond acceptors (Lipinski definition) is 5. The van der Waals surface area contributed by atoms with E-state index in [0.29, 0.717) is 31.4 Å². The average Bonchev–Trinajstić information content (AvgIpc) is 3.37. The standard InChI is InChI=1S/C22H18F5NO5/c23-14-15(24)17(26)19(18(27)16(14)25)33-22(31)11-5-3-10(4-6-11)21-28-13(9-32-21)8-12(20(28)30)2-1-7-29/h3-6,12-13,21,29H,1-2,7-9H2/t12-,13?,21-/m1/s1. The van der Waals surface area contributed by atoms with Crippen LogP contribution in [0.5, 0.6) is 5.75 Å². The van der Waals surface area contributed by atoms with Gasteiger partial charge < -0.3 is 19.5 Å². The highest BCUT2D eigenvalue weighted by Crippen LogP contribution is 2.41. The first kappa shape index (κ1) is 23.1. The van der Waals surface area contributed by atoms with Gasteiger partial charge in [-0.25, -0.2) is 18.0 Å². The number of nitrogens with zero attached hydrogens (tertiary/aromatic N) is 1. The Morgan fingerprint density at radius 3 is 2.24 bits per heavy atom. The first-order chi connectivity index (χ1) is 15.7. The molecular formula is C22H18F5NO5. The van der Waals surface area contributed by atoms with Crippen LogP contribution in [0.1, 0.15) is 41.4 Å². The van der Waals surface area contributed by atoms with E-state index in [2.05, 4.69) is 4.74 Å². The lowest BCUT2D eigenvalue weighted by Crippen LogP contribution is -2.32. The second-order valence-electron chi connectivity index (χ2n) is 7.79. The summed E-state index contributed by atoms with van der Waals surface area (Å²) in [6, 6.07) is 5.23. The molecule has 0 aromatic heterocycles. The van der Waals surface area contributed by atoms with Crippen molar-refractivity contribution in [3.8, 4) is 5.75 Å². The van der Waals surface area contributed by atoms with Gasteiger partial charge in [-0.2, -0.15) is 8.78 Å². The second kappa shape index (κ2) is 9.06. The van der Waals surface area contributed by atoms with E-state index in [1.807, 2.05) is 0 Å². The third kappa shape index (κ3) is 4.06. The molecule has 2 aliphatic heterocycles. The van der Waals surface area contributed by atoms with Crippen LogP contribution in [0.25, 0.3) is 0 Å². The van der Waals surface area contributed by atoms with Gasteiger partial charge in [0.15, 0.2) is 6.23 Å². The number of carbonyl (C=O) groups excluding carboxylic acids is 2. The molecule has 11 heteroatoms. The summed E-state index contributed by atoms with van der Waals surface area (Å²) in [6.07, 6.45) is 1.00. The van der Waals surface area contributed by atoms with Crippen LogP contribution < -0.4 is 4.74 Å². The van der Waals surface area contributed by atoms with E-state index >= 15 is 0 Å². The predicted molar refractivity (Wildman–Crippen MR) is 101 cm³/mol. The highest BCUT2D eigenvalue weighted by molar-refractivity contribution is 5.91. The Labute approximate surface area is 184 Å². The lowest BCUT2D eigenvalue weighted by Gasteiger charge is -2.23. The van der Waals surface area contributed by atoms with Gasteiger partial charge in [0.05, 0.1) is 18.2 Å². The summed E-state index contributed by atoms with van der Waals surface area (Å²) in [6.45, 7) is 0.326. The molecule has 6 nitrogen and oxygen atoms in total. The third-order valence-corrected chi connectivity index (χ3v) is 5.76. The zero-order chi connectivity index (χ0) is 23.9. The minimum atomic E-state index is -2.36. The minimum Gasteiger partial charge on any atom is -0.416 e. The summed E-state index contributed by atoms with van der Waals surface area (Å²) < 4.78 is 77.4. The maximum Gasteiger partial charge on any atom is 0.343 e. The number of ether oxygens (including phenoxy) is 2. The lowest BCUT2D eigenvalue weighted by atomic mass is 10.00. The van der Waals surface area contributed by atoms with Crippen molar-refractivity contribution in [3.05, 3.63) is 64.5 Å². The zero-order valence-corrected chi connectivity index (χ0v) is 17.0. The Hall–Kier alpha value is -3.05. The number of benzene rings is 2. The zero-order valence-electron chi connectivity index (χ0n) is 17.0. The molecule has 0 radical (unpaired) electrons. The van der Waals surface area contributed by atoms with Crippen LogP contribution in [0, 0.1) is 35.0 Å². The van der Waals surface area contributed by atoms with Crippen molar-refractivity contribution in [1.29, 1.82) is 0 Å². The summed E-state index contributed by atoms with van der Waals surface area (Å²) >= 11 is 0. The number of hydrogen-bond donors (Lipinski definition) is 1. The Kier molecular flexibility index (Phi) is 6.35. The van der Waals surface area contributed by atoms with E-state index in [1.54, 1.807) is 4.90 Å². The molecule has 4 rings (SSSR count). The molecule has 0 aliphatic carbocycles. The summed E-state index contributed by atoms with van der Waals surface area (Å²) in [4.78, 5) is 26.6. The van der Waals surface area contributed by atoms with E-state index in [-0.39, 0.29) is 30.0 Å². The molecule has 2 fully saturated rings. The van der Waals surface area contributed by atoms with Gasteiger partial charge >= 0.3 is 5.97 Å². The highest BCUT2D eigenvalue weighted by Gasteiger charge is 2.47. The van der Waals surface area contributed by atoms with Gasteiger partial charge in [0.25, 0.3) is 0 Å². The predicted octanol–water partition coefficient (Wildman–Crippen LogP) is 3.62. The van der Waals surface area contributed by atoms with Crippen molar-refractivity contribution in [1.82, 2.24) is 4.90 Å². The molecule has 1 unspecified atom stereocenters. The first-order valence-electron chi connectivity index (χ1n) is 10.1. The molecule has 0 saturated carbocycles. The molecule has 2 heterocycles. The van der Waals surface area contributed by atoms with Crippen LogP contribution in [0.4, 0.5) is 22.0 Å². The van der Waals surface area contributed by atoms with Crippen LogP contribution in [0.2, 0.25) is 0 Å². The van der Waals surface area contributed by atoms with Crippen LogP contribution in [0.15, 0.2) is 24.3 Å². The van der Waals surface area contributed by atoms with Gasteiger partial charge in [0.2, 0.25) is 40.7 Å². The third-order valence-electron chi connectivity index (χ3n) is 5.76. The monoisotopic (exact) mass is 471 g/mol. The van der Waals surface area contributed by atoms with Crippen molar-refractivity contribution in [2.75, 3.05) is 13.2 Å². The van der Waals surface area contributed by atoms with E-state index in [1.165, 1.54) is 24.3 Å². The van der Waals surface area contributed by atoms with Gasteiger partial charge in [0.1, 0.15) is 0 Å². The number of aliphatic hydroxyl groups excluding tert-OH is 1. The summed E-state index contributed by atoms with van der Waals surface area (Å²) in [5.74, 6) is -14.7. The molecule has 0 spiro atoms. The quantitative estimate of drug-likeness (QED) is 0.229. The fourth-order valence-corrected chi connectivity index (χ4v) is 4.12. The van der Waals surface area contributed by atoms with E-state index in [0.717, 1.165) is 0 Å².